The van der Waals surface area contributed by atoms with Crippen LogP contribution in [0.15, 0.2) is 21.9 Å². The van der Waals surface area contributed by atoms with Gasteiger partial charge in [-0.2, -0.15) is 0 Å². The molecule has 0 radical (unpaired) electrons. The second-order valence-electron chi connectivity index (χ2n) is 5.72. The van der Waals surface area contributed by atoms with E-state index in [1.165, 1.54) is 11.3 Å². The number of aromatic nitrogens is 1. The monoisotopic (exact) mass is 323 g/mol. The smallest absolute Gasteiger partial charge is 0.321 e. The number of nitrogens with zero attached hydrogens (tertiary/aromatic N) is 1. The summed E-state index contributed by atoms with van der Waals surface area (Å²) in [5.74, 6) is 1.45. The van der Waals surface area contributed by atoms with Crippen molar-refractivity contribution in [2.75, 3.05) is 11.9 Å². The largest absolute Gasteiger partial charge is 0.463 e. The Labute approximate surface area is 133 Å². The number of urea groups is 1. The van der Waals surface area contributed by atoms with E-state index in [1.54, 1.807) is 26.0 Å². The highest BCUT2D eigenvalue weighted by Crippen LogP contribution is 2.23. The van der Waals surface area contributed by atoms with Crippen molar-refractivity contribution in [1.82, 2.24) is 10.3 Å². The van der Waals surface area contributed by atoms with Crippen LogP contribution in [0.4, 0.5) is 9.93 Å². The number of aliphatic hydroxyl groups is 1. The standard InChI is InChI=1S/C15H21N3O3S/c1-9(2)11-7-22-14(17-11)18-13(19)16-8-15(4,20)12-6-5-10(3)21-12/h5-7,9,20H,8H2,1-4H3,(H2,16,17,18,19). The maximum absolute atomic E-state index is 11.9. The van der Waals surface area contributed by atoms with Gasteiger partial charge in [0, 0.05) is 5.38 Å². The van der Waals surface area contributed by atoms with Gasteiger partial charge in [0.1, 0.15) is 17.1 Å². The van der Waals surface area contributed by atoms with E-state index in [9.17, 15) is 9.90 Å². The van der Waals surface area contributed by atoms with Crippen LogP contribution in [-0.2, 0) is 5.60 Å². The molecule has 0 aliphatic carbocycles. The van der Waals surface area contributed by atoms with Gasteiger partial charge >= 0.3 is 6.03 Å². The number of aryl methyl sites for hydroxylation is 1. The maximum Gasteiger partial charge on any atom is 0.321 e. The number of amides is 2. The quantitative estimate of drug-likeness (QED) is 0.788. The topological polar surface area (TPSA) is 87.4 Å². The fourth-order valence-corrected chi connectivity index (χ4v) is 2.68. The Bertz CT molecular complexity index is 646. The van der Waals surface area contributed by atoms with E-state index in [4.69, 9.17) is 4.42 Å². The van der Waals surface area contributed by atoms with Crippen molar-refractivity contribution < 1.29 is 14.3 Å². The molecular weight excluding hydrogens is 302 g/mol. The average molecular weight is 323 g/mol. The first-order valence-electron chi connectivity index (χ1n) is 7.07. The van der Waals surface area contributed by atoms with Gasteiger partial charge in [-0.25, -0.2) is 9.78 Å². The molecule has 0 saturated heterocycles. The van der Waals surface area contributed by atoms with Gasteiger partial charge in [0.05, 0.1) is 12.2 Å². The lowest BCUT2D eigenvalue weighted by Gasteiger charge is -2.21. The number of anilines is 1. The van der Waals surface area contributed by atoms with Crippen molar-refractivity contribution in [3.8, 4) is 0 Å². The molecule has 1 atom stereocenters. The summed E-state index contributed by atoms with van der Waals surface area (Å²) in [5, 5.41) is 18.1. The molecule has 2 amide bonds. The molecule has 3 N–H and O–H groups in total. The SMILES string of the molecule is Cc1ccc(C(C)(O)CNC(=O)Nc2nc(C(C)C)cs2)o1. The molecule has 0 fully saturated rings. The van der Waals surface area contributed by atoms with Gasteiger partial charge in [0.15, 0.2) is 5.13 Å². The molecule has 0 spiro atoms. The first-order chi connectivity index (χ1) is 10.3. The zero-order valence-corrected chi connectivity index (χ0v) is 14.0. The summed E-state index contributed by atoms with van der Waals surface area (Å²) >= 11 is 1.38. The van der Waals surface area contributed by atoms with Gasteiger partial charge < -0.3 is 14.8 Å². The van der Waals surface area contributed by atoms with Gasteiger partial charge in [-0.3, -0.25) is 5.32 Å². The Balaban J connectivity index is 1.89. The third kappa shape index (κ3) is 4.08. The molecule has 2 aromatic heterocycles. The number of rotatable bonds is 5. The van der Waals surface area contributed by atoms with E-state index in [-0.39, 0.29) is 6.54 Å². The molecule has 120 valence electrons. The summed E-state index contributed by atoms with van der Waals surface area (Å²) < 4.78 is 5.40. The fourth-order valence-electron chi connectivity index (χ4n) is 1.81. The number of hydrogen-bond acceptors (Lipinski definition) is 5. The molecule has 0 aliphatic rings. The minimum Gasteiger partial charge on any atom is -0.463 e. The van der Waals surface area contributed by atoms with Gasteiger partial charge in [0.2, 0.25) is 0 Å². The van der Waals surface area contributed by atoms with Gasteiger partial charge in [-0.1, -0.05) is 13.8 Å². The Morgan fingerprint density at radius 1 is 1.50 bits per heavy atom. The molecule has 22 heavy (non-hydrogen) atoms. The molecule has 6 nitrogen and oxygen atoms in total. The second kappa shape index (κ2) is 6.50. The highest BCUT2D eigenvalue weighted by atomic mass is 32.1. The predicted octanol–water partition coefficient (Wildman–Crippen LogP) is 3.20. The molecule has 1 unspecified atom stereocenters. The molecule has 0 aliphatic heterocycles. The summed E-state index contributed by atoms with van der Waals surface area (Å²) in [7, 11) is 0. The predicted molar refractivity (Wildman–Crippen MR) is 86.2 cm³/mol. The minimum absolute atomic E-state index is 0.0359. The molecule has 0 bridgehead atoms. The zero-order valence-electron chi connectivity index (χ0n) is 13.1. The van der Waals surface area contributed by atoms with Crippen LogP contribution in [0.3, 0.4) is 0 Å². The minimum atomic E-state index is -1.27. The Morgan fingerprint density at radius 2 is 2.23 bits per heavy atom. The molecule has 2 heterocycles. The molecular formula is C15H21N3O3S. The lowest BCUT2D eigenvalue weighted by atomic mass is 10.0. The van der Waals surface area contributed by atoms with Crippen molar-refractivity contribution >= 4 is 22.5 Å². The molecule has 7 heteroatoms. The molecule has 2 rings (SSSR count). The van der Waals surface area contributed by atoms with Crippen LogP contribution in [0.1, 0.15) is 43.9 Å². The van der Waals surface area contributed by atoms with E-state index in [0.29, 0.717) is 22.6 Å². The normalized spacial score (nSPS) is 13.9. The Morgan fingerprint density at radius 3 is 2.77 bits per heavy atom. The van der Waals surface area contributed by atoms with Crippen molar-refractivity contribution in [2.45, 2.75) is 39.2 Å². The summed E-state index contributed by atoms with van der Waals surface area (Å²) in [4.78, 5) is 16.2. The molecule has 0 saturated carbocycles. The second-order valence-corrected chi connectivity index (χ2v) is 6.58. The number of nitrogens with one attached hydrogen (secondary N) is 2. The number of thiazole rings is 1. The third-order valence-electron chi connectivity index (χ3n) is 3.20. The summed E-state index contributed by atoms with van der Waals surface area (Å²) in [6.45, 7) is 7.51. The maximum atomic E-state index is 11.9. The van der Waals surface area contributed by atoms with E-state index in [2.05, 4.69) is 15.6 Å². The number of furan rings is 1. The van der Waals surface area contributed by atoms with Crippen molar-refractivity contribution in [3.63, 3.8) is 0 Å². The van der Waals surface area contributed by atoms with E-state index in [0.717, 1.165) is 5.69 Å². The van der Waals surface area contributed by atoms with Gasteiger partial charge in [0.25, 0.3) is 0 Å². The van der Waals surface area contributed by atoms with Crippen molar-refractivity contribution in [3.05, 3.63) is 34.7 Å². The summed E-state index contributed by atoms with van der Waals surface area (Å²) in [6.07, 6.45) is 0. The first-order valence-corrected chi connectivity index (χ1v) is 7.95. The molecule has 0 aromatic carbocycles. The zero-order chi connectivity index (χ0) is 16.3. The Kier molecular flexibility index (Phi) is 4.87. The summed E-state index contributed by atoms with van der Waals surface area (Å²) in [6, 6.07) is 3.06. The van der Waals surface area contributed by atoms with Crippen LogP contribution >= 0.6 is 11.3 Å². The van der Waals surface area contributed by atoms with Crippen molar-refractivity contribution in [1.29, 1.82) is 0 Å². The van der Waals surface area contributed by atoms with Crippen LogP contribution in [0.5, 0.6) is 0 Å². The first kappa shape index (κ1) is 16.5. The van der Waals surface area contributed by atoms with Crippen LogP contribution in [-0.4, -0.2) is 22.7 Å². The highest BCUT2D eigenvalue weighted by Gasteiger charge is 2.27. The van der Waals surface area contributed by atoms with Gasteiger partial charge in [-0.15, -0.1) is 11.3 Å². The van der Waals surface area contributed by atoms with E-state index >= 15 is 0 Å². The van der Waals surface area contributed by atoms with Crippen molar-refractivity contribution in [2.24, 2.45) is 0 Å². The van der Waals surface area contributed by atoms with Crippen LogP contribution < -0.4 is 10.6 Å². The third-order valence-corrected chi connectivity index (χ3v) is 3.97. The van der Waals surface area contributed by atoms with Crippen LogP contribution in [0, 0.1) is 6.92 Å². The van der Waals surface area contributed by atoms with Crippen LogP contribution in [0.25, 0.3) is 0 Å². The van der Waals surface area contributed by atoms with E-state index in [1.807, 2.05) is 19.2 Å². The number of carbonyl (C=O) groups is 1. The average Bonchev–Trinajstić information content (AvgIpc) is 3.06. The van der Waals surface area contributed by atoms with Crippen LogP contribution in [0.2, 0.25) is 0 Å². The summed E-state index contributed by atoms with van der Waals surface area (Å²) in [5.41, 5.74) is -0.323. The lowest BCUT2D eigenvalue weighted by Crippen LogP contribution is -2.40. The Hall–Kier alpha value is -1.86. The fraction of sp³-hybridized carbons (Fsp3) is 0.467. The molecule has 2 aromatic rings. The lowest BCUT2D eigenvalue weighted by molar-refractivity contribution is 0.0364. The number of hydrogen-bond donors (Lipinski definition) is 3. The number of carbonyl (C=O) groups excluding carboxylic acids is 1. The van der Waals surface area contributed by atoms with Gasteiger partial charge in [-0.05, 0) is 31.9 Å². The van der Waals surface area contributed by atoms with E-state index < -0.39 is 11.6 Å². The highest BCUT2D eigenvalue weighted by molar-refractivity contribution is 7.13.